The van der Waals surface area contributed by atoms with Gasteiger partial charge in [0.2, 0.25) is 11.6 Å². The minimum Gasteiger partial charge on any atom is -0.476 e. The molecular weight excluding hydrogens is 208 g/mol. The van der Waals surface area contributed by atoms with Crippen molar-refractivity contribution in [3.8, 4) is 0 Å². The number of aliphatic carboxylic acids is 1. The van der Waals surface area contributed by atoms with Gasteiger partial charge in [-0.2, -0.15) is 0 Å². The lowest BCUT2D eigenvalue weighted by Gasteiger charge is -1.98. The number of hydrogen-bond acceptors (Lipinski definition) is 6. The number of carboxylic acid groups (broad SMARTS) is 1. The summed E-state index contributed by atoms with van der Waals surface area (Å²) in [6.45, 7) is 0.915. The van der Waals surface area contributed by atoms with Gasteiger partial charge in [-0.25, -0.2) is 9.59 Å². The Labute approximate surface area is 84.0 Å². The van der Waals surface area contributed by atoms with Crippen molar-refractivity contribution in [2.75, 3.05) is 0 Å². The molecule has 0 aliphatic heterocycles. The molecule has 0 aliphatic rings. The fraction of sp³-hybridized carbons (Fsp3) is 0.375. The molecule has 0 aromatic carbocycles. The number of ether oxygens (including phenoxy) is 1. The second-order valence-electron chi connectivity index (χ2n) is 2.55. The normalized spacial score (nSPS) is 9.13. The van der Waals surface area contributed by atoms with Gasteiger partial charge in [0, 0.05) is 13.3 Å². The zero-order chi connectivity index (χ0) is 12.0. The highest BCUT2D eigenvalue weighted by Crippen LogP contribution is 1.95. The molecule has 1 N–H and O–H groups in total. The number of carbonyl (C=O) groups is 5. The first kappa shape index (κ1) is 12.9. The van der Waals surface area contributed by atoms with Gasteiger partial charge < -0.3 is 9.84 Å². The van der Waals surface area contributed by atoms with Crippen molar-refractivity contribution in [1.29, 1.82) is 0 Å². The molecule has 7 nitrogen and oxygen atoms in total. The Kier molecular flexibility index (Phi) is 4.86. The molecule has 0 radical (unpaired) electrons. The molecule has 82 valence electrons. The predicted octanol–water partition coefficient (Wildman–Crippen LogP) is -0.921. The Morgan fingerprint density at radius 3 is 2.00 bits per heavy atom. The Hall–Kier alpha value is -2.05. The van der Waals surface area contributed by atoms with Crippen LogP contribution in [-0.2, 0) is 28.7 Å². The summed E-state index contributed by atoms with van der Waals surface area (Å²) in [5, 5.41) is 8.14. The summed E-state index contributed by atoms with van der Waals surface area (Å²) in [5.41, 5.74) is 0. The van der Waals surface area contributed by atoms with Crippen LogP contribution in [0, 0.1) is 0 Å². The van der Waals surface area contributed by atoms with Gasteiger partial charge in [0.05, 0.1) is 6.42 Å². The van der Waals surface area contributed by atoms with Gasteiger partial charge >= 0.3 is 17.9 Å². The first-order chi connectivity index (χ1) is 6.84. The molecule has 0 rings (SSSR count). The van der Waals surface area contributed by atoms with E-state index in [9.17, 15) is 24.0 Å². The Balaban J connectivity index is 3.96. The summed E-state index contributed by atoms with van der Waals surface area (Å²) in [4.78, 5) is 52.1. The van der Waals surface area contributed by atoms with Crippen LogP contribution in [0.4, 0.5) is 0 Å². The van der Waals surface area contributed by atoms with E-state index in [-0.39, 0.29) is 0 Å². The molecule has 0 aliphatic carbocycles. The lowest BCUT2D eigenvalue weighted by molar-refractivity contribution is -0.164. The molecule has 0 aromatic rings. The number of Topliss-reactive ketones (excluding diaryl/α,β-unsaturated/α-hetero) is 2. The lowest BCUT2D eigenvalue weighted by atomic mass is 10.2. The van der Waals surface area contributed by atoms with Crippen molar-refractivity contribution in [3.05, 3.63) is 0 Å². The molecule has 7 heteroatoms. The highest BCUT2D eigenvalue weighted by molar-refractivity contribution is 6.34. The number of carboxylic acids is 1. The van der Waals surface area contributed by atoms with Crippen molar-refractivity contribution in [2.45, 2.75) is 19.8 Å². The smallest absolute Gasteiger partial charge is 0.381 e. The number of carbonyl (C=O) groups excluding carboxylic acids is 4. The fourth-order valence-electron chi connectivity index (χ4n) is 0.549. The quantitative estimate of drug-likeness (QED) is 0.359. The maximum atomic E-state index is 10.7. The Morgan fingerprint density at radius 2 is 1.60 bits per heavy atom. The third kappa shape index (κ3) is 5.29. The van der Waals surface area contributed by atoms with Crippen LogP contribution in [0.25, 0.3) is 0 Å². The fourth-order valence-corrected chi connectivity index (χ4v) is 0.549. The molecule has 0 amide bonds. The Morgan fingerprint density at radius 1 is 1.07 bits per heavy atom. The average molecular weight is 216 g/mol. The average Bonchev–Trinajstić information content (AvgIpc) is 2.13. The standard InChI is InChI=1S/C8H8O7/c1-4(9)8(14)15-6(11)3-2-5(10)7(12)13/h2-3H2,1H3,(H,12,13). The van der Waals surface area contributed by atoms with Crippen LogP contribution in [0.5, 0.6) is 0 Å². The van der Waals surface area contributed by atoms with Gasteiger partial charge in [0.25, 0.3) is 0 Å². The molecule has 0 bridgehead atoms. The topological polar surface area (TPSA) is 115 Å². The molecule has 15 heavy (non-hydrogen) atoms. The molecule has 0 heterocycles. The van der Waals surface area contributed by atoms with Crippen LogP contribution >= 0.6 is 0 Å². The Bertz CT molecular complexity index is 328. The van der Waals surface area contributed by atoms with Crippen molar-refractivity contribution in [3.63, 3.8) is 0 Å². The van der Waals surface area contributed by atoms with E-state index in [4.69, 9.17) is 5.11 Å². The van der Waals surface area contributed by atoms with Crippen LogP contribution in [0.3, 0.4) is 0 Å². The molecular formula is C8H8O7. The van der Waals surface area contributed by atoms with E-state index in [1.165, 1.54) is 0 Å². The van der Waals surface area contributed by atoms with Crippen LogP contribution in [0.15, 0.2) is 0 Å². The van der Waals surface area contributed by atoms with Crippen LogP contribution in [-0.4, -0.2) is 34.6 Å². The van der Waals surface area contributed by atoms with Gasteiger partial charge in [-0.15, -0.1) is 0 Å². The number of ketones is 2. The van der Waals surface area contributed by atoms with Gasteiger partial charge in [0.1, 0.15) is 0 Å². The molecule has 0 saturated heterocycles. The van der Waals surface area contributed by atoms with E-state index in [0.29, 0.717) is 0 Å². The van der Waals surface area contributed by atoms with E-state index in [1.54, 1.807) is 0 Å². The highest BCUT2D eigenvalue weighted by atomic mass is 16.6. The zero-order valence-electron chi connectivity index (χ0n) is 7.81. The summed E-state index contributed by atoms with van der Waals surface area (Å²) in [7, 11) is 0. The van der Waals surface area contributed by atoms with Crippen molar-refractivity contribution >= 4 is 29.5 Å². The van der Waals surface area contributed by atoms with Gasteiger partial charge in [0.15, 0.2) is 0 Å². The monoisotopic (exact) mass is 216 g/mol. The van der Waals surface area contributed by atoms with Crippen LogP contribution in [0.2, 0.25) is 0 Å². The summed E-state index contributed by atoms with van der Waals surface area (Å²) in [6, 6.07) is 0. The SMILES string of the molecule is CC(=O)C(=O)OC(=O)CCC(=O)C(=O)O. The minimum absolute atomic E-state index is 0.551. The van der Waals surface area contributed by atoms with Crippen LogP contribution < -0.4 is 0 Å². The third-order valence-electron chi connectivity index (χ3n) is 1.29. The van der Waals surface area contributed by atoms with Crippen molar-refractivity contribution in [1.82, 2.24) is 0 Å². The maximum absolute atomic E-state index is 10.7. The van der Waals surface area contributed by atoms with E-state index in [0.717, 1.165) is 6.92 Å². The third-order valence-corrected chi connectivity index (χ3v) is 1.29. The van der Waals surface area contributed by atoms with E-state index >= 15 is 0 Å². The second-order valence-corrected chi connectivity index (χ2v) is 2.55. The molecule has 0 unspecified atom stereocenters. The minimum atomic E-state index is -1.67. The van der Waals surface area contributed by atoms with E-state index in [1.807, 2.05) is 0 Å². The van der Waals surface area contributed by atoms with E-state index < -0.39 is 42.3 Å². The number of hydrogen-bond donors (Lipinski definition) is 1. The van der Waals surface area contributed by atoms with Gasteiger partial charge in [-0.05, 0) is 0 Å². The molecule has 0 aromatic heterocycles. The predicted molar refractivity (Wildman–Crippen MR) is 43.7 cm³/mol. The lowest BCUT2D eigenvalue weighted by Crippen LogP contribution is -2.20. The first-order valence-corrected chi connectivity index (χ1v) is 3.86. The van der Waals surface area contributed by atoms with Crippen molar-refractivity contribution < 1.29 is 33.8 Å². The maximum Gasteiger partial charge on any atom is 0.381 e. The van der Waals surface area contributed by atoms with Crippen LogP contribution in [0.1, 0.15) is 19.8 Å². The summed E-state index contributed by atoms with van der Waals surface area (Å²) in [6.07, 6.45) is -1.12. The van der Waals surface area contributed by atoms with E-state index in [2.05, 4.69) is 4.74 Å². The zero-order valence-corrected chi connectivity index (χ0v) is 7.81. The number of esters is 2. The molecule has 0 fully saturated rings. The summed E-state index contributed by atoms with van der Waals surface area (Å²) in [5.74, 6) is -6.22. The molecule has 0 atom stereocenters. The first-order valence-electron chi connectivity index (χ1n) is 3.86. The van der Waals surface area contributed by atoms with Crippen molar-refractivity contribution in [2.24, 2.45) is 0 Å². The second kappa shape index (κ2) is 5.63. The molecule has 0 spiro atoms. The summed E-state index contributed by atoms with van der Waals surface area (Å²) >= 11 is 0. The molecule has 0 saturated carbocycles. The number of rotatable bonds is 5. The summed E-state index contributed by atoms with van der Waals surface area (Å²) < 4.78 is 3.97. The van der Waals surface area contributed by atoms with Gasteiger partial charge in [-0.1, -0.05) is 0 Å². The largest absolute Gasteiger partial charge is 0.476 e. The van der Waals surface area contributed by atoms with Gasteiger partial charge in [-0.3, -0.25) is 14.4 Å². The highest BCUT2D eigenvalue weighted by Gasteiger charge is 2.18.